The number of rotatable bonds is 3. The minimum absolute atomic E-state index is 0. The molecule has 2 saturated heterocycles. The van der Waals surface area contributed by atoms with Crippen LogP contribution in [0.1, 0.15) is 23.2 Å². The number of ether oxygens (including phenoxy) is 1. The molecule has 6 nitrogen and oxygen atoms in total. The maximum Gasteiger partial charge on any atom is 0.256 e. The molecule has 0 spiro atoms. The van der Waals surface area contributed by atoms with Crippen molar-refractivity contribution in [2.75, 3.05) is 44.7 Å². The van der Waals surface area contributed by atoms with Gasteiger partial charge in [-0.15, -0.1) is 12.4 Å². The Morgan fingerprint density at radius 2 is 1.96 bits per heavy atom. The number of carbonyl (C=O) groups excluding carboxylic acids is 2. The number of morpholine rings is 1. The molecule has 0 aromatic heterocycles. The average Bonchev–Trinajstić information content (AvgIpc) is 2.63. The standard InChI is InChI=1S/C17H23N3O3.ClH/c21-16(13-4-3-7-18-12-13)19-15-6-2-1-5-14(15)17(22)20-8-10-23-11-9-20;/h1-2,5-6,13,18H,3-4,7-12H2,(H,19,21);1H. The molecule has 0 saturated carbocycles. The summed E-state index contributed by atoms with van der Waals surface area (Å²) >= 11 is 0. The molecule has 0 bridgehead atoms. The van der Waals surface area contributed by atoms with Crippen molar-refractivity contribution in [3.63, 3.8) is 0 Å². The Hall–Kier alpha value is -1.63. The van der Waals surface area contributed by atoms with E-state index in [0.717, 1.165) is 19.4 Å². The molecule has 2 aliphatic rings. The molecule has 1 aromatic carbocycles. The molecule has 2 fully saturated rings. The van der Waals surface area contributed by atoms with E-state index in [4.69, 9.17) is 4.74 Å². The van der Waals surface area contributed by atoms with Crippen LogP contribution in [-0.2, 0) is 9.53 Å². The number of carbonyl (C=O) groups is 2. The number of piperidine rings is 1. The first-order chi connectivity index (χ1) is 11.3. The Labute approximate surface area is 148 Å². The van der Waals surface area contributed by atoms with Crippen molar-refractivity contribution < 1.29 is 14.3 Å². The lowest BCUT2D eigenvalue weighted by molar-refractivity contribution is -0.120. The lowest BCUT2D eigenvalue weighted by Gasteiger charge is -2.28. The van der Waals surface area contributed by atoms with Gasteiger partial charge in [0.2, 0.25) is 5.91 Å². The third-order valence-electron chi connectivity index (χ3n) is 4.38. The summed E-state index contributed by atoms with van der Waals surface area (Å²) in [6, 6.07) is 7.23. The van der Waals surface area contributed by atoms with E-state index in [2.05, 4.69) is 10.6 Å². The minimum Gasteiger partial charge on any atom is -0.378 e. The largest absolute Gasteiger partial charge is 0.378 e. The number of nitrogens with one attached hydrogen (secondary N) is 2. The highest BCUT2D eigenvalue weighted by Crippen LogP contribution is 2.20. The first-order valence-corrected chi connectivity index (χ1v) is 8.23. The number of hydrogen-bond donors (Lipinski definition) is 2. The van der Waals surface area contributed by atoms with E-state index in [1.54, 1.807) is 17.0 Å². The third-order valence-corrected chi connectivity index (χ3v) is 4.38. The molecule has 3 rings (SSSR count). The normalized spacial score (nSPS) is 20.8. The van der Waals surface area contributed by atoms with E-state index in [9.17, 15) is 9.59 Å². The molecule has 0 aliphatic carbocycles. The molecule has 7 heteroatoms. The molecule has 0 radical (unpaired) electrons. The van der Waals surface area contributed by atoms with Crippen molar-refractivity contribution in [3.05, 3.63) is 29.8 Å². The van der Waals surface area contributed by atoms with Gasteiger partial charge in [-0.2, -0.15) is 0 Å². The smallest absolute Gasteiger partial charge is 0.256 e. The number of benzene rings is 1. The molecule has 2 heterocycles. The van der Waals surface area contributed by atoms with Crippen molar-refractivity contribution in [2.24, 2.45) is 5.92 Å². The van der Waals surface area contributed by atoms with Gasteiger partial charge in [0.1, 0.15) is 0 Å². The Morgan fingerprint density at radius 1 is 1.21 bits per heavy atom. The van der Waals surface area contributed by atoms with E-state index in [-0.39, 0.29) is 30.1 Å². The Kier molecular flexibility index (Phi) is 7.02. The van der Waals surface area contributed by atoms with Crippen LogP contribution in [-0.4, -0.2) is 56.1 Å². The van der Waals surface area contributed by atoms with Crippen LogP contribution in [0.25, 0.3) is 0 Å². The second-order valence-electron chi connectivity index (χ2n) is 5.98. The fourth-order valence-corrected chi connectivity index (χ4v) is 3.03. The second kappa shape index (κ2) is 9.01. The second-order valence-corrected chi connectivity index (χ2v) is 5.98. The van der Waals surface area contributed by atoms with Gasteiger partial charge in [-0.1, -0.05) is 12.1 Å². The number of para-hydroxylation sites is 1. The van der Waals surface area contributed by atoms with Gasteiger partial charge in [0.05, 0.1) is 30.4 Å². The molecule has 2 aliphatic heterocycles. The number of hydrogen-bond acceptors (Lipinski definition) is 4. The summed E-state index contributed by atoms with van der Waals surface area (Å²) in [6.07, 6.45) is 1.89. The van der Waals surface area contributed by atoms with Crippen LogP contribution in [0.4, 0.5) is 5.69 Å². The number of nitrogens with zero attached hydrogens (tertiary/aromatic N) is 1. The predicted molar refractivity (Wildman–Crippen MR) is 94.6 cm³/mol. The van der Waals surface area contributed by atoms with Gasteiger partial charge in [0.15, 0.2) is 0 Å². The maximum atomic E-state index is 12.7. The summed E-state index contributed by atoms with van der Waals surface area (Å²) < 4.78 is 5.29. The van der Waals surface area contributed by atoms with Gasteiger partial charge < -0.3 is 20.3 Å². The summed E-state index contributed by atoms with van der Waals surface area (Å²) in [6.45, 7) is 3.98. The lowest BCUT2D eigenvalue weighted by atomic mass is 9.98. The molecule has 2 N–H and O–H groups in total. The average molecular weight is 354 g/mol. The van der Waals surface area contributed by atoms with Gasteiger partial charge in [-0.25, -0.2) is 0 Å². The first-order valence-electron chi connectivity index (χ1n) is 8.23. The molecular weight excluding hydrogens is 330 g/mol. The highest BCUT2D eigenvalue weighted by molar-refractivity contribution is 6.04. The van der Waals surface area contributed by atoms with Gasteiger partial charge >= 0.3 is 0 Å². The van der Waals surface area contributed by atoms with Crippen LogP contribution in [0.2, 0.25) is 0 Å². The maximum absolute atomic E-state index is 12.7. The van der Waals surface area contributed by atoms with Crippen molar-refractivity contribution in [1.29, 1.82) is 0 Å². The van der Waals surface area contributed by atoms with E-state index in [1.165, 1.54) is 0 Å². The highest BCUT2D eigenvalue weighted by Gasteiger charge is 2.24. The summed E-state index contributed by atoms with van der Waals surface area (Å²) in [5.74, 6) is -0.0966. The van der Waals surface area contributed by atoms with E-state index in [1.807, 2.05) is 12.1 Å². The number of anilines is 1. The van der Waals surface area contributed by atoms with Gasteiger partial charge in [0, 0.05) is 19.6 Å². The molecule has 1 aromatic rings. The van der Waals surface area contributed by atoms with Crippen molar-refractivity contribution in [1.82, 2.24) is 10.2 Å². The van der Waals surface area contributed by atoms with E-state index in [0.29, 0.717) is 44.1 Å². The van der Waals surface area contributed by atoms with Crippen molar-refractivity contribution in [3.8, 4) is 0 Å². The highest BCUT2D eigenvalue weighted by atomic mass is 35.5. The van der Waals surface area contributed by atoms with E-state index >= 15 is 0 Å². The molecule has 24 heavy (non-hydrogen) atoms. The topological polar surface area (TPSA) is 70.7 Å². The number of halogens is 1. The van der Waals surface area contributed by atoms with Crippen LogP contribution in [0, 0.1) is 5.92 Å². The third kappa shape index (κ3) is 4.47. The minimum atomic E-state index is -0.0500. The monoisotopic (exact) mass is 353 g/mol. The van der Waals surface area contributed by atoms with Crippen LogP contribution in [0.15, 0.2) is 24.3 Å². The summed E-state index contributed by atoms with van der Waals surface area (Å²) in [5.41, 5.74) is 1.14. The van der Waals surface area contributed by atoms with Crippen molar-refractivity contribution >= 4 is 29.9 Å². The Balaban J connectivity index is 0.00000208. The van der Waals surface area contributed by atoms with Crippen molar-refractivity contribution in [2.45, 2.75) is 12.8 Å². The fraction of sp³-hybridized carbons (Fsp3) is 0.529. The SMILES string of the molecule is Cl.O=C(Nc1ccccc1C(=O)N1CCOCC1)C1CCCNC1. The quantitative estimate of drug-likeness (QED) is 0.864. The number of amides is 2. The Morgan fingerprint density at radius 3 is 2.67 bits per heavy atom. The summed E-state index contributed by atoms with van der Waals surface area (Å²) in [4.78, 5) is 26.9. The van der Waals surface area contributed by atoms with Gasteiger partial charge in [-0.05, 0) is 31.5 Å². The molecular formula is C17H24ClN3O3. The zero-order valence-corrected chi connectivity index (χ0v) is 14.4. The zero-order chi connectivity index (χ0) is 16.1. The van der Waals surface area contributed by atoms with Crippen LogP contribution < -0.4 is 10.6 Å². The van der Waals surface area contributed by atoms with E-state index < -0.39 is 0 Å². The van der Waals surface area contributed by atoms with Crippen LogP contribution in [0.3, 0.4) is 0 Å². The lowest BCUT2D eigenvalue weighted by Crippen LogP contribution is -2.41. The van der Waals surface area contributed by atoms with Crippen LogP contribution >= 0.6 is 12.4 Å². The fourth-order valence-electron chi connectivity index (χ4n) is 3.03. The zero-order valence-electron chi connectivity index (χ0n) is 13.6. The Bertz CT molecular complexity index is 570. The van der Waals surface area contributed by atoms with Crippen LogP contribution in [0.5, 0.6) is 0 Å². The molecule has 132 valence electrons. The van der Waals surface area contributed by atoms with Gasteiger partial charge in [0.25, 0.3) is 5.91 Å². The predicted octanol–water partition coefficient (Wildman–Crippen LogP) is 1.52. The summed E-state index contributed by atoms with van der Waals surface area (Å²) in [5, 5.41) is 6.18. The summed E-state index contributed by atoms with van der Waals surface area (Å²) in [7, 11) is 0. The molecule has 2 amide bonds. The molecule has 1 unspecified atom stereocenters. The molecule has 1 atom stereocenters. The first kappa shape index (κ1) is 18.7. The van der Waals surface area contributed by atoms with Gasteiger partial charge in [-0.3, -0.25) is 9.59 Å².